The molecular weight excluding hydrogens is 366 g/mol. The van der Waals surface area contributed by atoms with Gasteiger partial charge in [0.15, 0.2) is 0 Å². The maximum absolute atomic E-state index is 11.3. The molecule has 0 saturated carbocycles. The van der Waals surface area contributed by atoms with Crippen molar-refractivity contribution in [1.29, 1.82) is 0 Å². The van der Waals surface area contributed by atoms with E-state index in [4.69, 9.17) is 5.11 Å². The van der Waals surface area contributed by atoms with Crippen LogP contribution in [0.25, 0.3) is 0 Å². The third-order valence-corrected chi connectivity index (χ3v) is 5.51. The molecule has 0 aliphatic rings. The molecular formula is C20H35NO5S. The second-order valence-electron chi connectivity index (χ2n) is 6.72. The first kappa shape index (κ1) is 25.5. The number of carboxylic acids is 1. The highest BCUT2D eigenvalue weighted by molar-refractivity contribution is 7.85. The first-order valence-corrected chi connectivity index (χ1v) is 11.5. The molecule has 1 atom stereocenters. The van der Waals surface area contributed by atoms with Crippen LogP contribution in [0.3, 0.4) is 0 Å². The molecule has 0 aromatic heterocycles. The minimum Gasteiger partial charge on any atom is -0.481 e. The van der Waals surface area contributed by atoms with Gasteiger partial charge < -0.3 is 5.11 Å². The van der Waals surface area contributed by atoms with E-state index in [0.717, 1.165) is 70.6 Å². The highest BCUT2D eigenvalue weighted by Crippen LogP contribution is 2.11. The Bertz CT molecular complexity index is 503. The second kappa shape index (κ2) is 17.9. The summed E-state index contributed by atoms with van der Waals surface area (Å²) in [7, 11) is -1.24. The molecule has 0 aliphatic carbocycles. The molecule has 0 heterocycles. The number of carboxylic acid groups (broad SMARTS) is 1. The fourth-order valence-corrected chi connectivity index (χ4v) is 3.61. The van der Waals surface area contributed by atoms with Crippen LogP contribution < -0.4 is 0 Å². The van der Waals surface area contributed by atoms with Gasteiger partial charge in [-0.3, -0.25) is 19.1 Å². The van der Waals surface area contributed by atoms with Crippen LogP contribution in [-0.4, -0.2) is 31.7 Å². The van der Waals surface area contributed by atoms with Crippen molar-refractivity contribution < 1.29 is 19.0 Å². The standard InChI is InChI=1S/C20H35NO5S/c1-2-3-4-12-15-19(21(24)25)16-13-10-8-6-5-7-9-11-14-17-27(26)18-20(22)23/h10,13,15H,2-9,11-12,14,16-18H2,1H3,(H,22,23). The Morgan fingerprint density at radius 2 is 1.63 bits per heavy atom. The first-order chi connectivity index (χ1) is 13.0. The van der Waals surface area contributed by atoms with Crippen molar-refractivity contribution in [2.24, 2.45) is 0 Å². The van der Waals surface area contributed by atoms with Gasteiger partial charge in [-0.2, -0.15) is 0 Å². The molecule has 6 nitrogen and oxygen atoms in total. The summed E-state index contributed by atoms with van der Waals surface area (Å²) in [5, 5.41) is 19.5. The SMILES string of the molecule is CCCCCC=C(CC=CCCCCCCCCS(=O)CC(=O)O)[N+](=O)[O-]. The molecule has 0 fully saturated rings. The van der Waals surface area contributed by atoms with Gasteiger partial charge >= 0.3 is 5.97 Å². The number of aliphatic carboxylic acids is 1. The Morgan fingerprint density at radius 3 is 2.26 bits per heavy atom. The predicted molar refractivity (Wildman–Crippen MR) is 111 cm³/mol. The number of hydrogen-bond donors (Lipinski definition) is 1. The van der Waals surface area contributed by atoms with Crippen molar-refractivity contribution >= 4 is 16.8 Å². The zero-order valence-corrected chi connectivity index (χ0v) is 17.4. The summed E-state index contributed by atoms with van der Waals surface area (Å²) in [5.74, 6) is -0.781. The van der Waals surface area contributed by atoms with Crippen molar-refractivity contribution in [3.63, 3.8) is 0 Å². The Labute approximate surface area is 165 Å². The van der Waals surface area contributed by atoms with Gasteiger partial charge in [0.25, 0.3) is 0 Å². The van der Waals surface area contributed by atoms with Crippen LogP contribution >= 0.6 is 0 Å². The zero-order chi connectivity index (χ0) is 20.3. The van der Waals surface area contributed by atoms with E-state index in [1.807, 2.05) is 12.2 Å². The summed E-state index contributed by atoms with van der Waals surface area (Å²) in [6, 6.07) is 0. The molecule has 27 heavy (non-hydrogen) atoms. The van der Waals surface area contributed by atoms with Crippen molar-refractivity contribution in [3.8, 4) is 0 Å². The number of unbranched alkanes of at least 4 members (excludes halogenated alkanes) is 9. The molecule has 0 aliphatic heterocycles. The summed E-state index contributed by atoms with van der Waals surface area (Å²) < 4.78 is 11.3. The average molecular weight is 402 g/mol. The van der Waals surface area contributed by atoms with Gasteiger partial charge in [-0.1, -0.05) is 57.6 Å². The third kappa shape index (κ3) is 17.7. The zero-order valence-electron chi connectivity index (χ0n) is 16.6. The molecule has 0 aromatic rings. The van der Waals surface area contributed by atoms with E-state index in [0.29, 0.717) is 17.9 Å². The highest BCUT2D eigenvalue weighted by atomic mass is 32.2. The first-order valence-electron chi connectivity index (χ1n) is 10.0. The van der Waals surface area contributed by atoms with Crippen LogP contribution in [0.1, 0.15) is 84.0 Å². The highest BCUT2D eigenvalue weighted by Gasteiger charge is 2.07. The Kier molecular flexibility index (Phi) is 16.9. The number of nitrogens with zero attached hydrogens (tertiary/aromatic N) is 1. The van der Waals surface area contributed by atoms with Gasteiger partial charge in [0.05, 0.1) is 11.3 Å². The van der Waals surface area contributed by atoms with Crippen LogP contribution in [0.2, 0.25) is 0 Å². The predicted octanol–water partition coefficient (Wildman–Crippen LogP) is 5.24. The summed E-state index contributed by atoms with van der Waals surface area (Å²) in [5.41, 5.74) is 0.294. The number of rotatable bonds is 18. The Hall–Kier alpha value is -1.50. The van der Waals surface area contributed by atoms with E-state index in [1.54, 1.807) is 6.08 Å². The van der Waals surface area contributed by atoms with Crippen molar-refractivity contribution in [2.45, 2.75) is 84.0 Å². The van der Waals surface area contributed by atoms with E-state index >= 15 is 0 Å². The normalized spacial score (nSPS) is 13.1. The lowest BCUT2D eigenvalue weighted by molar-refractivity contribution is -0.427. The Balaban J connectivity index is 3.66. The number of nitro groups is 1. The molecule has 0 aromatic carbocycles. The van der Waals surface area contributed by atoms with Gasteiger partial charge in [0.2, 0.25) is 5.70 Å². The Morgan fingerprint density at radius 1 is 1.00 bits per heavy atom. The summed E-state index contributed by atoms with van der Waals surface area (Å²) in [6.07, 6.45) is 17.2. The van der Waals surface area contributed by atoms with Crippen molar-refractivity contribution in [3.05, 3.63) is 34.0 Å². The number of allylic oxidation sites excluding steroid dienone is 3. The quantitative estimate of drug-likeness (QED) is 0.147. The monoisotopic (exact) mass is 401 g/mol. The van der Waals surface area contributed by atoms with Gasteiger partial charge in [0, 0.05) is 16.6 Å². The van der Waals surface area contributed by atoms with Gasteiger partial charge in [0.1, 0.15) is 5.75 Å². The number of carbonyl (C=O) groups is 1. The molecule has 0 radical (unpaired) electrons. The topological polar surface area (TPSA) is 97.5 Å². The molecule has 0 bridgehead atoms. The lowest BCUT2D eigenvalue weighted by Gasteiger charge is -2.01. The van der Waals surface area contributed by atoms with Crippen LogP contribution in [0, 0.1) is 10.1 Å². The average Bonchev–Trinajstić information content (AvgIpc) is 2.60. The lowest BCUT2D eigenvalue weighted by atomic mass is 10.1. The maximum atomic E-state index is 11.3. The van der Waals surface area contributed by atoms with E-state index in [-0.39, 0.29) is 10.7 Å². The van der Waals surface area contributed by atoms with Gasteiger partial charge in [-0.15, -0.1) is 0 Å². The van der Waals surface area contributed by atoms with E-state index < -0.39 is 16.8 Å². The van der Waals surface area contributed by atoms with Crippen molar-refractivity contribution in [1.82, 2.24) is 0 Å². The van der Waals surface area contributed by atoms with Crippen LogP contribution in [0.5, 0.6) is 0 Å². The molecule has 0 saturated heterocycles. The minimum absolute atomic E-state index is 0.252. The van der Waals surface area contributed by atoms with Gasteiger partial charge in [-0.25, -0.2) is 0 Å². The lowest BCUT2D eigenvalue weighted by Crippen LogP contribution is -2.11. The summed E-state index contributed by atoms with van der Waals surface area (Å²) in [6.45, 7) is 2.12. The molecule has 0 amide bonds. The maximum Gasteiger partial charge on any atom is 0.316 e. The molecule has 156 valence electrons. The van der Waals surface area contributed by atoms with Crippen LogP contribution in [0.4, 0.5) is 0 Å². The molecule has 1 N–H and O–H groups in total. The minimum atomic E-state index is -1.24. The van der Waals surface area contributed by atoms with Crippen molar-refractivity contribution in [2.75, 3.05) is 11.5 Å². The van der Waals surface area contributed by atoms with Crippen LogP contribution in [-0.2, 0) is 15.6 Å². The van der Waals surface area contributed by atoms with E-state index in [2.05, 4.69) is 6.92 Å². The third-order valence-electron chi connectivity index (χ3n) is 4.19. The van der Waals surface area contributed by atoms with Crippen LogP contribution in [0.15, 0.2) is 23.9 Å². The van der Waals surface area contributed by atoms with Gasteiger partial charge in [-0.05, 0) is 38.2 Å². The largest absolute Gasteiger partial charge is 0.481 e. The summed E-state index contributed by atoms with van der Waals surface area (Å²) in [4.78, 5) is 21.1. The number of hydrogen-bond acceptors (Lipinski definition) is 4. The van der Waals surface area contributed by atoms with E-state index in [9.17, 15) is 19.1 Å². The second-order valence-corrected chi connectivity index (χ2v) is 8.29. The molecule has 1 unspecified atom stereocenters. The smallest absolute Gasteiger partial charge is 0.316 e. The fraction of sp³-hybridized carbons (Fsp3) is 0.750. The molecule has 0 spiro atoms. The molecule has 7 heteroatoms. The molecule has 0 rings (SSSR count). The fourth-order valence-electron chi connectivity index (χ4n) is 2.66. The summed E-state index contributed by atoms with van der Waals surface area (Å²) >= 11 is 0. The van der Waals surface area contributed by atoms with E-state index in [1.165, 1.54) is 0 Å².